The van der Waals surface area contributed by atoms with E-state index in [1.165, 1.54) is 15.9 Å². The number of ether oxygens (including phenoxy) is 1. The number of nitrogens with zero attached hydrogens (tertiary/aromatic N) is 3. The molecule has 4 aromatic rings. The van der Waals surface area contributed by atoms with Gasteiger partial charge in [0.2, 0.25) is 0 Å². The van der Waals surface area contributed by atoms with Crippen molar-refractivity contribution >= 4 is 21.6 Å². The Morgan fingerprint density at radius 1 is 1.15 bits per heavy atom. The summed E-state index contributed by atoms with van der Waals surface area (Å²) in [6.45, 7) is 0.337. The molecular weight excluding hydrogens is 350 g/mol. The number of fused-ring (bicyclic) bond motifs is 1. The molecule has 0 aliphatic heterocycles. The molecule has 0 bridgehead atoms. The monoisotopic (exact) mass is 365 g/mol. The predicted molar refractivity (Wildman–Crippen MR) is 102 cm³/mol. The zero-order valence-electron chi connectivity index (χ0n) is 14.0. The van der Waals surface area contributed by atoms with Crippen LogP contribution in [0.1, 0.15) is 5.56 Å². The van der Waals surface area contributed by atoms with Crippen LogP contribution >= 0.6 is 11.3 Å². The van der Waals surface area contributed by atoms with Crippen LogP contribution in [0.25, 0.3) is 15.9 Å². The molecule has 0 unspecified atom stereocenters. The van der Waals surface area contributed by atoms with Crippen LogP contribution in [0.15, 0.2) is 69.8 Å². The molecule has 4 rings (SSSR count). The summed E-state index contributed by atoms with van der Waals surface area (Å²) >= 11 is 1.33. The minimum absolute atomic E-state index is 0.323. The molecule has 0 atom stereocenters. The highest BCUT2D eigenvalue weighted by molar-refractivity contribution is 7.17. The minimum atomic E-state index is -0.391. The Morgan fingerprint density at radius 3 is 2.81 bits per heavy atom. The number of benzene rings is 1. The average Bonchev–Trinajstić information content (AvgIpc) is 3.16. The van der Waals surface area contributed by atoms with E-state index >= 15 is 0 Å². The molecule has 0 amide bonds. The van der Waals surface area contributed by atoms with E-state index in [9.17, 15) is 9.59 Å². The Hall–Kier alpha value is -3.19. The second-order valence-electron chi connectivity index (χ2n) is 5.71. The second-order valence-corrected chi connectivity index (χ2v) is 6.62. The van der Waals surface area contributed by atoms with E-state index in [-0.39, 0.29) is 5.56 Å². The van der Waals surface area contributed by atoms with Crippen LogP contribution in [0.5, 0.6) is 5.75 Å². The van der Waals surface area contributed by atoms with E-state index in [1.54, 1.807) is 54.4 Å². The number of aromatic nitrogens is 3. The summed E-state index contributed by atoms with van der Waals surface area (Å²) in [5.74, 6) is 0.582. The second kappa shape index (κ2) is 6.61. The summed E-state index contributed by atoms with van der Waals surface area (Å²) in [5.41, 5.74) is 1.29. The molecular formula is C19H15N3O3S. The zero-order chi connectivity index (χ0) is 18.1. The molecule has 3 heterocycles. The van der Waals surface area contributed by atoms with Gasteiger partial charge < -0.3 is 4.74 Å². The smallest absolute Gasteiger partial charge is 0.336 e. The van der Waals surface area contributed by atoms with Crippen molar-refractivity contribution in [3.8, 4) is 11.4 Å². The van der Waals surface area contributed by atoms with Gasteiger partial charge in [0.1, 0.15) is 10.4 Å². The van der Waals surface area contributed by atoms with Crippen LogP contribution in [0.2, 0.25) is 0 Å². The molecule has 0 aliphatic rings. The SMILES string of the molecule is COc1cccc(-n2c(=O)c3sccc3n(Cc3cccnc3)c2=O)c1. The fourth-order valence-corrected chi connectivity index (χ4v) is 3.72. The largest absolute Gasteiger partial charge is 0.497 e. The first-order valence-corrected chi connectivity index (χ1v) is 8.83. The van der Waals surface area contributed by atoms with Crippen molar-refractivity contribution in [1.29, 1.82) is 0 Å². The number of hydrogen-bond acceptors (Lipinski definition) is 5. The van der Waals surface area contributed by atoms with Crippen LogP contribution < -0.4 is 16.0 Å². The van der Waals surface area contributed by atoms with Gasteiger partial charge >= 0.3 is 5.69 Å². The van der Waals surface area contributed by atoms with Crippen molar-refractivity contribution < 1.29 is 4.74 Å². The quantitative estimate of drug-likeness (QED) is 0.558. The summed E-state index contributed by atoms with van der Waals surface area (Å²) in [5, 5.41) is 1.82. The van der Waals surface area contributed by atoms with Crippen LogP contribution in [-0.2, 0) is 6.54 Å². The third-order valence-corrected chi connectivity index (χ3v) is 5.02. The van der Waals surface area contributed by atoms with Crippen LogP contribution in [0.3, 0.4) is 0 Å². The van der Waals surface area contributed by atoms with E-state index in [0.717, 1.165) is 5.56 Å². The molecule has 130 valence electrons. The van der Waals surface area contributed by atoms with Gasteiger partial charge in [-0.2, -0.15) is 0 Å². The van der Waals surface area contributed by atoms with E-state index in [2.05, 4.69) is 4.98 Å². The predicted octanol–water partition coefficient (Wildman–Crippen LogP) is 2.67. The lowest BCUT2D eigenvalue weighted by Gasteiger charge is -2.13. The molecule has 3 aromatic heterocycles. The molecule has 6 nitrogen and oxygen atoms in total. The van der Waals surface area contributed by atoms with Gasteiger partial charge in [0.25, 0.3) is 5.56 Å². The minimum Gasteiger partial charge on any atom is -0.497 e. The van der Waals surface area contributed by atoms with Gasteiger partial charge in [-0.05, 0) is 35.2 Å². The van der Waals surface area contributed by atoms with Crippen molar-refractivity contribution in [3.63, 3.8) is 0 Å². The number of methoxy groups -OCH3 is 1. The number of hydrogen-bond donors (Lipinski definition) is 0. The molecule has 0 spiro atoms. The van der Waals surface area contributed by atoms with Gasteiger partial charge in [0, 0.05) is 18.5 Å². The van der Waals surface area contributed by atoms with E-state index in [4.69, 9.17) is 4.74 Å². The Kier molecular flexibility index (Phi) is 4.14. The van der Waals surface area contributed by atoms with Gasteiger partial charge in [-0.25, -0.2) is 9.36 Å². The number of pyridine rings is 1. The molecule has 26 heavy (non-hydrogen) atoms. The maximum absolute atomic E-state index is 13.2. The summed E-state index contributed by atoms with van der Waals surface area (Å²) in [4.78, 5) is 30.2. The van der Waals surface area contributed by atoms with Gasteiger partial charge in [0.15, 0.2) is 0 Å². The molecule has 0 saturated carbocycles. The highest BCUT2D eigenvalue weighted by Crippen LogP contribution is 2.19. The fourth-order valence-electron chi connectivity index (χ4n) is 2.89. The molecule has 0 saturated heterocycles. The Balaban J connectivity index is 1.99. The third kappa shape index (κ3) is 2.72. The number of rotatable bonds is 4. The summed E-state index contributed by atoms with van der Waals surface area (Å²) in [6, 6.07) is 12.4. The lowest BCUT2D eigenvalue weighted by Crippen LogP contribution is -2.38. The first-order valence-electron chi connectivity index (χ1n) is 7.95. The lowest BCUT2D eigenvalue weighted by atomic mass is 10.2. The van der Waals surface area contributed by atoms with Crippen molar-refractivity contribution in [2.75, 3.05) is 7.11 Å². The molecule has 0 N–H and O–H groups in total. The average molecular weight is 365 g/mol. The standard InChI is InChI=1S/C19H15N3O3S/c1-25-15-6-2-5-14(10-15)22-18(23)17-16(7-9-26-17)21(19(22)24)12-13-4-3-8-20-11-13/h2-11H,12H2,1H3. The Labute approximate surface area is 152 Å². The molecule has 7 heteroatoms. The lowest BCUT2D eigenvalue weighted by molar-refractivity contribution is 0.414. The van der Waals surface area contributed by atoms with Gasteiger partial charge in [0.05, 0.1) is 24.9 Å². The van der Waals surface area contributed by atoms with Crippen LogP contribution in [0.4, 0.5) is 0 Å². The van der Waals surface area contributed by atoms with Crippen LogP contribution in [-0.4, -0.2) is 21.2 Å². The first kappa shape index (κ1) is 16.3. The molecule has 0 fully saturated rings. The number of thiophene rings is 1. The highest BCUT2D eigenvalue weighted by Gasteiger charge is 2.16. The van der Waals surface area contributed by atoms with Crippen molar-refractivity contribution in [1.82, 2.24) is 14.1 Å². The van der Waals surface area contributed by atoms with Crippen molar-refractivity contribution in [2.24, 2.45) is 0 Å². The topological polar surface area (TPSA) is 66.1 Å². The normalized spacial score (nSPS) is 11.0. The fraction of sp³-hybridized carbons (Fsp3) is 0.105. The Morgan fingerprint density at radius 2 is 2.04 bits per heavy atom. The summed E-state index contributed by atoms with van der Waals surface area (Å²) < 4.78 is 8.56. The molecule has 0 radical (unpaired) electrons. The van der Waals surface area contributed by atoms with Gasteiger partial charge in [-0.1, -0.05) is 12.1 Å². The van der Waals surface area contributed by atoms with E-state index in [0.29, 0.717) is 28.2 Å². The third-order valence-electron chi connectivity index (χ3n) is 4.13. The van der Waals surface area contributed by atoms with E-state index < -0.39 is 5.69 Å². The van der Waals surface area contributed by atoms with Gasteiger partial charge in [-0.3, -0.25) is 14.3 Å². The van der Waals surface area contributed by atoms with Gasteiger partial charge in [-0.15, -0.1) is 11.3 Å². The van der Waals surface area contributed by atoms with Crippen molar-refractivity contribution in [2.45, 2.75) is 6.54 Å². The van der Waals surface area contributed by atoms with Crippen molar-refractivity contribution in [3.05, 3.63) is 86.6 Å². The summed E-state index contributed by atoms with van der Waals surface area (Å²) in [7, 11) is 1.55. The maximum Gasteiger partial charge on any atom is 0.336 e. The summed E-state index contributed by atoms with van der Waals surface area (Å²) in [6.07, 6.45) is 3.40. The zero-order valence-corrected chi connectivity index (χ0v) is 14.8. The molecule has 0 aliphatic carbocycles. The highest BCUT2D eigenvalue weighted by atomic mass is 32.1. The van der Waals surface area contributed by atoms with E-state index in [1.807, 2.05) is 17.5 Å². The Bertz CT molecular complexity index is 1190. The first-order chi connectivity index (χ1) is 12.7. The molecule has 1 aromatic carbocycles. The maximum atomic E-state index is 13.2. The van der Waals surface area contributed by atoms with Crippen LogP contribution in [0, 0.1) is 0 Å².